The molecule has 5 aliphatic rings. The van der Waals surface area contributed by atoms with Crippen LogP contribution in [0.25, 0.3) is 0 Å². The number of rotatable bonds is 6. The molecule has 3 saturated heterocycles. The number of carbonyl (C=O) groups is 1. The summed E-state index contributed by atoms with van der Waals surface area (Å²) < 4.78 is 23.7. The molecule has 1 amide bonds. The van der Waals surface area contributed by atoms with E-state index in [1.807, 2.05) is 7.05 Å². The number of hydrazine groups is 1. The molecule has 0 radical (unpaired) electrons. The van der Waals surface area contributed by atoms with E-state index in [0.29, 0.717) is 24.5 Å². The second-order valence-electron chi connectivity index (χ2n) is 11.0. The van der Waals surface area contributed by atoms with E-state index < -0.39 is 12.7 Å². The molecular weight excluding hydrogens is 416 g/mol. The van der Waals surface area contributed by atoms with Crippen LogP contribution < -0.4 is 26.8 Å². The number of nitrogens with zero attached hydrogens (tertiary/aromatic N) is 1. The first-order valence-electron chi connectivity index (χ1n) is 14.6. The van der Waals surface area contributed by atoms with Gasteiger partial charge in [-0.1, -0.05) is 25.7 Å². The van der Waals surface area contributed by atoms with Gasteiger partial charge in [0.05, 0.1) is 18.4 Å². The lowest BCUT2D eigenvalue weighted by molar-refractivity contribution is -0.130. The second-order valence-corrected chi connectivity index (χ2v) is 11.0. The Morgan fingerprint density at radius 1 is 1.06 bits per heavy atom. The zero-order valence-corrected chi connectivity index (χ0v) is 20.3. The number of fused-ring (bicyclic) bond motifs is 1. The van der Waals surface area contributed by atoms with Crippen LogP contribution in [0, 0.1) is 11.8 Å². The molecule has 8 atom stereocenters. The van der Waals surface area contributed by atoms with Gasteiger partial charge in [0.2, 0.25) is 5.91 Å². The number of carbonyl (C=O) groups excluding carboxylic acids is 1. The van der Waals surface area contributed by atoms with E-state index in [1.54, 1.807) is 0 Å². The number of hydrogen-bond donors (Lipinski definition) is 5. The summed E-state index contributed by atoms with van der Waals surface area (Å²) in [5.41, 5.74) is 6.53. The predicted octanol–water partition coefficient (Wildman–Crippen LogP) is 1.43. The maximum absolute atomic E-state index is 13.3. The Bertz CT molecular complexity index is 722. The Balaban J connectivity index is 1.14. The van der Waals surface area contributed by atoms with E-state index in [0.717, 1.165) is 58.1 Å². The predicted molar refractivity (Wildman–Crippen MR) is 129 cm³/mol. The van der Waals surface area contributed by atoms with Gasteiger partial charge in [-0.15, -0.1) is 0 Å². The van der Waals surface area contributed by atoms with Gasteiger partial charge in [0.15, 0.2) is 0 Å². The first-order chi connectivity index (χ1) is 16.9. The second kappa shape index (κ2) is 11.3. The number of amides is 1. The first kappa shape index (κ1) is 21.5. The minimum atomic E-state index is -1.62. The normalized spacial score (nSPS) is 43.9. The quantitative estimate of drug-likeness (QED) is 0.406. The molecular formula is C25H46N6O2. The minimum Gasteiger partial charge on any atom is -0.378 e. The molecule has 0 spiro atoms. The molecule has 33 heavy (non-hydrogen) atoms. The highest BCUT2D eigenvalue weighted by molar-refractivity contribution is 5.79. The molecule has 8 nitrogen and oxygen atoms in total. The van der Waals surface area contributed by atoms with Crippen molar-refractivity contribution in [1.29, 1.82) is 0 Å². The molecule has 0 aromatic heterocycles. The smallest absolute Gasteiger partial charge is 0.223 e. The standard InChI is InChI=1S/C25H46N6O2/c1-31-23(29-30-24(31)21-10-4-5-13-26-21)16-27-18-8-6-7-17(15-18)25(32)28-20-12-14-33-22-11-3-2-9-19(20)22/h17-24,26-27,29-30H,2-16H2,1H3,(H,28,32)/t17?,18?,19?,20-,21?,22?,23?,24?/m0/s1/i16D2. The number of likely N-dealkylation sites (N-methyl/N-ethyl adjacent to an activating group) is 1. The van der Waals surface area contributed by atoms with Crippen LogP contribution in [0.3, 0.4) is 0 Å². The molecule has 7 unspecified atom stereocenters. The summed E-state index contributed by atoms with van der Waals surface area (Å²) >= 11 is 0. The Morgan fingerprint density at radius 2 is 1.94 bits per heavy atom. The third kappa shape index (κ3) is 5.73. The summed E-state index contributed by atoms with van der Waals surface area (Å²) in [4.78, 5) is 15.3. The molecule has 2 saturated carbocycles. The van der Waals surface area contributed by atoms with E-state index >= 15 is 0 Å². The monoisotopic (exact) mass is 464 g/mol. The lowest BCUT2D eigenvalue weighted by Gasteiger charge is -2.42. The van der Waals surface area contributed by atoms with Gasteiger partial charge in [-0.2, -0.15) is 0 Å². The number of hydrogen-bond acceptors (Lipinski definition) is 7. The van der Waals surface area contributed by atoms with Gasteiger partial charge in [-0.05, 0) is 65.0 Å². The largest absolute Gasteiger partial charge is 0.378 e. The molecule has 8 heteroatoms. The lowest BCUT2D eigenvalue weighted by Crippen LogP contribution is -2.54. The molecule has 5 N–H and O–H groups in total. The molecule has 0 bridgehead atoms. The van der Waals surface area contributed by atoms with E-state index in [9.17, 15) is 4.79 Å². The van der Waals surface area contributed by atoms with Crippen LogP contribution in [0.5, 0.6) is 0 Å². The Morgan fingerprint density at radius 3 is 2.82 bits per heavy atom. The van der Waals surface area contributed by atoms with Crippen molar-refractivity contribution in [3.63, 3.8) is 0 Å². The third-order valence-electron chi connectivity index (χ3n) is 8.77. The molecule has 5 fully saturated rings. The van der Waals surface area contributed by atoms with Crippen molar-refractivity contribution in [2.24, 2.45) is 11.8 Å². The summed E-state index contributed by atoms with van der Waals surface area (Å²) in [6.07, 6.45) is 12.5. The topological polar surface area (TPSA) is 89.7 Å². The average Bonchev–Trinajstić information content (AvgIpc) is 3.27. The van der Waals surface area contributed by atoms with Gasteiger partial charge in [-0.3, -0.25) is 9.69 Å². The fourth-order valence-electron chi connectivity index (χ4n) is 6.79. The summed E-state index contributed by atoms with van der Waals surface area (Å²) in [5, 5.41) is 10.3. The average molecular weight is 465 g/mol. The number of ether oxygens (including phenoxy) is 1. The maximum Gasteiger partial charge on any atom is 0.223 e. The highest BCUT2D eigenvalue weighted by Crippen LogP contribution is 2.34. The molecule has 3 heterocycles. The zero-order valence-electron chi connectivity index (χ0n) is 22.3. The van der Waals surface area contributed by atoms with Crippen molar-refractivity contribution < 1.29 is 12.3 Å². The molecule has 0 aromatic rings. The molecule has 188 valence electrons. The maximum atomic E-state index is 13.3. The van der Waals surface area contributed by atoms with E-state index in [1.165, 1.54) is 25.7 Å². The Labute approximate surface area is 202 Å². The van der Waals surface area contributed by atoms with Crippen molar-refractivity contribution in [2.75, 3.05) is 26.7 Å². The first-order valence-corrected chi connectivity index (χ1v) is 13.6. The lowest BCUT2D eigenvalue weighted by atomic mass is 9.78. The van der Waals surface area contributed by atoms with Crippen LogP contribution in [0.4, 0.5) is 0 Å². The van der Waals surface area contributed by atoms with Crippen LogP contribution in [-0.2, 0) is 9.53 Å². The Kier molecular flexibility index (Phi) is 7.37. The molecule has 2 aliphatic carbocycles. The van der Waals surface area contributed by atoms with E-state index in [-0.39, 0.29) is 30.1 Å². The van der Waals surface area contributed by atoms with Crippen LogP contribution in [-0.4, -0.2) is 74.1 Å². The molecule has 5 rings (SSSR count). The van der Waals surface area contributed by atoms with Crippen molar-refractivity contribution in [1.82, 2.24) is 31.7 Å². The summed E-state index contributed by atoms with van der Waals surface area (Å²) in [5.74, 6) is 0.569. The van der Waals surface area contributed by atoms with Crippen LogP contribution in [0.15, 0.2) is 0 Å². The SMILES string of the molecule is [2H]C([2H])(NC1CCCC(C(=O)N[C@H]2CCOC3CCCCC32)C1)C1NNC(C2CCCCN2)N1C. The summed E-state index contributed by atoms with van der Waals surface area (Å²) in [7, 11) is 1.99. The highest BCUT2D eigenvalue weighted by Gasteiger charge is 2.39. The van der Waals surface area contributed by atoms with Gasteiger partial charge in [0.25, 0.3) is 0 Å². The van der Waals surface area contributed by atoms with Gasteiger partial charge >= 0.3 is 0 Å². The van der Waals surface area contributed by atoms with Crippen LogP contribution >= 0.6 is 0 Å². The number of nitrogens with one attached hydrogen (secondary N) is 5. The van der Waals surface area contributed by atoms with Crippen molar-refractivity contribution >= 4 is 5.91 Å². The summed E-state index contributed by atoms with van der Waals surface area (Å²) in [6, 6.07) is 0.543. The van der Waals surface area contributed by atoms with Crippen LogP contribution in [0.2, 0.25) is 0 Å². The number of piperidine rings is 1. The fraction of sp³-hybridized carbons (Fsp3) is 0.960. The van der Waals surface area contributed by atoms with Gasteiger partial charge in [0, 0.05) is 45.8 Å². The Hall–Kier alpha value is -0.770. The van der Waals surface area contributed by atoms with Crippen molar-refractivity contribution in [3.8, 4) is 0 Å². The van der Waals surface area contributed by atoms with Crippen molar-refractivity contribution in [3.05, 3.63) is 0 Å². The van der Waals surface area contributed by atoms with Gasteiger partial charge in [0.1, 0.15) is 0 Å². The third-order valence-corrected chi connectivity index (χ3v) is 8.77. The van der Waals surface area contributed by atoms with Gasteiger partial charge < -0.3 is 20.7 Å². The van der Waals surface area contributed by atoms with Gasteiger partial charge in [-0.25, -0.2) is 10.9 Å². The van der Waals surface area contributed by atoms with E-state index in [2.05, 4.69) is 31.7 Å². The minimum absolute atomic E-state index is 0.00586. The van der Waals surface area contributed by atoms with Crippen molar-refractivity contribution in [2.45, 2.75) is 114 Å². The highest BCUT2D eigenvalue weighted by atomic mass is 16.5. The zero-order chi connectivity index (χ0) is 24.4. The molecule has 3 aliphatic heterocycles. The molecule has 0 aromatic carbocycles. The van der Waals surface area contributed by atoms with E-state index in [4.69, 9.17) is 7.48 Å². The summed E-state index contributed by atoms with van der Waals surface area (Å²) in [6.45, 7) is 0.145. The van der Waals surface area contributed by atoms with Crippen LogP contribution in [0.1, 0.15) is 79.8 Å². The fourth-order valence-corrected chi connectivity index (χ4v) is 6.79.